The highest BCUT2D eigenvalue weighted by Crippen LogP contribution is 2.10. The molecule has 0 bridgehead atoms. The zero-order valence-electron chi connectivity index (χ0n) is 13.6. The first kappa shape index (κ1) is 20.3. The fourth-order valence-electron chi connectivity index (χ4n) is 1.54. The quantitative estimate of drug-likeness (QED) is 0.503. The van der Waals surface area contributed by atoms with E-state index in [9.17, 15) is 14.4 Å². The van der Waals surface area contributed by atoms with E-state index in [1.54, 1.807) is 18.2 Å². The van der Waals surface area contributed by atoms with Gasteiger partial charge >= 0.3 is 0 Å². The molecule has 4 N–H and O–H groups in total. The summed E-state index contributed by atoms with van der Waals surface area (Å²) in [5.74, 6) is -0.289. The molecular weight excluding hydrogens is 296 g/mol. The third kappa shape index (κ3) is 9.78. The van der Waals surface area contributed by atoms with Crippen LogP contribution in [0.1, 0.15) is 39.5 Å². The van der Waals surface area contributed by atoms with Crippen molar-refractivity contribution in [1.29, 1.82) is 0 Å². The Bertz CT molecular complexity index is 544. The summed E-state index contributed by atoms with van der Waals surface area (Å²) in [6, 6.07) is 4.88. The summed E-state index contributed by atoms with van der Waals surface area (Å²) >= 11 is 0. The largest absolute Gasteiger partial charge is 0.370 e. The summed E-state index contributed by atoms with van der Waals surface area (Å²) in [7, 11) is 0. The summed E-state index contributed by atoms with van der Waals surface area (Å²) in [5.41, 5.74) is 5.01. The molecule has 0 fully saturated rings. The Morgan fingerprint density at radius 3 is 2.26 bits per heavy atom. The number of amides is 3. The molecule has 0 aliphatic rings. The third-order valence-corrected chi connectivity index (χ3v) is 2.53. The number of primary amides is 1. The van der Waals surface area contributed by atoms with E-state index < -0.39 is 0 Å². The maximum atomic E-state index is 11.7. The van der Waals surface area contributed by atoms with Gasteiger partial charge in [0.1, 0.15) is 11.6 Å². The van der Waals surface area contributed by atoms with Crippen molar-refractivity contribution in [3.05, 3.63) is 30.9 Å². The van der Waals surface area contributed by atoms with Gasteiger partial charge in [-0.05, 0) is 31.1 Å². The number of rotatable bonds is 8. The van der Waals surface area contributed by atoms with Crippen molar-refractivity contribution in [2.24, 2.45) is 5.73 Å². The molecule has 1 heterocycles. The normalized spacial score (nSPS) is 9.13. The molecule has 1 aromatic heterocycles. The van der Waals surface area contributed by atoms with Gasteiger partial charge in [0.25, 0.3) is 0 Å². The smallest absolute Gasteiger partial charge is 0.248 e. The van der Waals surface area contributed by atoms with Gasteiger partial charge in [0, 0.05) is 12.8 Å². The van der Waals surface area contributed by atoms with E-state index in [0.29, 0.717) is 24.5 Å². The predicted molar refractivity (Wildman–Crippen MR) is 90.7 cm³/mol. The molecule has 0 atom stereocenters. The number of anilines is 2. The van der Waals surface area contributed by atoms with E-state index in [4.69, 9.17) is 5.73 Å². The second-order valence-corrected chi connectivity index (χ2v) is 4.32. The van der Waals surface area contributed by atoms with Crippen molar-refractivity contribution in [1.82, 2.24) is 4.98 Å². The van der Waals surface area contributed by atoms with Gasteiger partial charge in [-0.2, -0.15) is 0 Å². The molecule has 0 spiro atoms. The Morgan fingerprint density at radius 1 is 1.13 bits per heavy atom. The van der Waals surface area contributed by atoms with Crippen LogP contribution in [0, 0.1) is 0 Å². The zero-order chi connectivity index (χ0) is 17.7. The maximum Gasteiger partial charge on any atom is 0.248 e. The lowest BCUT2D eigenvalue weighted by atomic mass is 10.2. The van der Waals surface area contributed by atoms with E-state index in [1.165, 1.54) is 0 Å². The summed E-state index contributed by atoms with van der Waals surface area (Å²) in [5, 5.41) is 5.12. The Hall–Kier alpha value is -2.70. The van der Waals surface area contributed by atoms with Gasteiger partial charge in [-0.15, -0.1) is 0 Å². The molecule has 1 aromatic rings. The lowest BCUT2D eigenvalue weighted by molar-refractivity contribution is -0.119. The van der Waals surface area contributed by atoms with E-state index in [-0.39, 0.29) is 30.6 Å². The molecule has 1 rings (SSSR count). The number of nitrogens with one attached hydrogen (secondary N) is 2. The van der Waals surface area contributed by atoms with Crippen molar-refractivity contribution in [2.45, 2.75) is 39.5 Å². The van der Waals surface area contributed by atoms with Crippen molar-refractivity contribution < 1.29 is 14.4 Å². The van der Waals surface area contributed by atoms with Crippen LogP contribution in [0.15, 0.2) is 30.9 Å². The minimum atomic E-state index is -0.377. The molecule has 3 amide bonds. The van der Waals surface area contributed by atoms with Crippen molar-refractivity contribution in [3.8, 4) is 0 Å². The van der Waals surface area contributed by atoms with E-state index in [1.807, 2.05) is 13.8 Å². The van der Waals surface area contributed by atoms with Crippen LogP contribution >= 0.6 is 0 Å². The van der Waals surface area contributed by atoms with Gasteiger partial charge in [-0.1, -0.05) is 26.5 Å². The lowest BCUT2D eigenvalue weighted by Crippen LogP contribution is -2.15. The molecule has 0 saturated carbocycles. The molecule has 126 valence electrons. The number of carbonyl (C=O) groups is 3. The number of nitrogens with zero attached hydrogens (tertiary/aromatic N) is 1. The molecule has 0 unspecified atom stereocenters. The van der Waals surface area contributed by atoms with Crippen molar-refractivity contribution >= 4 is 29.4 Å². The van der Waals surface area contributed by atoms with E-state index in [2.05, 4.69) is 22.2 Å². The van der Waals surface area contributed by atoms with Gasteiger partial charge in [-0.3, -0.25) is 14.4 Å². The molecule has 0 aliphatic carbocycles. The molecule has 0 aliphatic heterocycles. The molecule has 7 heteroatoms. The number of unbranched alkanes of at least 4 members (excludes halogenated alkanes) is 1. The summed E-state index contributed by atoms with van der Waals surface area (Å²) in [6.07, 6.45) is 2.83. The van der Waals surface area contributed by atoms with Gasteiger partial charge < -0.3 is 16.4 Å². The highest BCUT2D eigenvalue weighted by Gasteiger charge is 2.05. The number of carbonyl (C=O) groups excluding carboxylic acids is 3. The lowest BCUT2D eigenvalue weighted by Gasteiger charge is -2.06. The molecule has 0 radical (unpaired) electrons. The van der Waals surface area contributed by atoms with Crippen LogP contribution in [0.25, 0.3) is 0 Å². The van der Waals surface area contributed by atoms with Crippen LogP contribution in [-0.4, -0.2) is 22.7 Å². The van der Waals surface area contributed by atoms with Crippen molar-refractivity contribution in [3.63, 3.8) is 0 Å². The number of hydrogen-bond acceptors (Lipinski definition) is 4. The molecule has 0 saturated heterocycles. The Kier molecular flexibility index (Phi) is 10.5. The van der Waals surface area contributed by atoms with Gasteiger partial charge in [0.15, 0.2) is 0 Å². The maximum absolute atomic E-state index is 11.7. The van der Waals surface area contributed by atoms with Gasteiger partial charge in [0.05, 0.1) is 0 Å². The highest BCUT2D eigenvalue weighted by molar-refractivity contribution is 5.98. The summed E-state index contributed by atoms with van der Waals surface area (Å²) in [6.45, 7) is 7.34. The van der Waals surface area contributed by atoms with Crippen LogP contribution in [0.2, 0.25) is 0 Å². The molecule has 7 nitrogen and oxygen atoms in total. The van der Waals surface area contributed by atoms with Gasteiger partial charge in [0.2, 0.25) is 17.7 Å². The van der Waals surface area contributed by atoms with Crippen LogP contribution in [-0.2, 0) is 14.4 Å². The average Bonchev–Trinajstić information content (AvgIpc) is 2.53. The number of aromatic nitrogens is 1. The first-order valence-corrected chi connectivity index (χ1v) is 7.50. The Balaban J connectivity index is 0.00000232. The van der Waals surface area contributed by atoms with Crippen LogP contribution < -0.4 is 16.4 Å². The topological polar surface area (TPSA) is 114 Å². The number of nitrogens with two attached hydrogens (primary N) is 1. The zero-order valence-corrected chi connectivity index (χ0v) is 13.6. The second-order valence-electron chi connectivity index (χ2n) is 4.32. The number of hydrogen-bond donors (Lipinski definition) is 3. The number of pyridine rings is 1. The summed E-state index contributed by atoms with van der Waals surface area (Å²) < 4.78 is 0. The third-order valence-electron chi connectivity index (χ3n) is 2.53. The Morgan fingerprint density at radius 2 is 1.70 bits per heavy atom. The van der Waals surface area contributed by atoms with Gasteiger partial charge in [-0.25, -0.2) is 4.98 Å². The minimum Gasteiger partial charge on any atom is -0.370 e. The van der Waals surface area contributed by atoms with Crippen LogP contribution in [0.4, 0.5) is 11.6 Å². The monoisotopic (exact) mass is 320 g/mol. The van der Waals surface area contributed by atoms with Crippen LogP contribution in [0.5, 0.6) is 0 Å². The molecule has 23 heavy (non-hydrogen) atoms. The first-order valence-electron chi connectivity index (χ1n) is 7.50. The summed E-state index contributed by atoms with van der Waals surface area (Å²) in [4.78, 5) is 37.5. The van der Waals surface area contributed by atoms with Crippen molar-refractivity contribution in [2.75, 3.05) is 10.6 Å². The van der Waals surface area contributed by atoms with Crippen LogP contribution in [0.3, 0.4) is 0 Å². The average molecular weight is 320 g/mol. The SMILES string of the molecule is C=CC(=O)Nc1cccc(NC(=O)CCCCC(N)=O)n1.CC. The predicted octanol–water partition coefficient (Wildman–Crippen LogP) is 2.22. The highest BCUT2D eigenvalue weighted by atomic mass is 16.2. The fourth-order valence-corrected chi connectivity index (χ4v) is 1.54. The van der Waals surface area contributed by atoms with E-state index in [0.717, 1.165) is 6.08 Å². The Labute approximate surface area is 136 Å². The first-order chi connectivity index (χ1) is 11.0. The standard InChI is InChI=1S/C14H18N4O3.C2H6/c1-2-13(20)17-11-7-5-8-12(16-11)18-14(21)9-4-3-6-10(15)19;1-2/h2,5,7-8H,1,3-4,6,9H2,(H2,15,19)(H2,16,17,18,20,21);1-2H3. The fraction of sp³-hybridized carbons (Fsp3) is 0.375. The minimum absolute atomic E-state index is 0.209. The molecular formula is C16H24N4O3. The van der Waals surface area contributed by atoms with E-state index >= 15 is 0 Å². The molecule has 0 aromatic carbocycles. The second kappa shape index (κ2) is 11.9.